The summed E-state index contributed by atoms with van der Waals surface area (Å²) in [5.74, 6) is 1.71. The van der Waals surface area contributed by atoms with Crippen molar-refractivity contribution in [2.24, 2.45) is 0 Å². The molecular formula is C24H22N2O2+2. The minimum atomic E-state index is 0.857. The van der Waals surface area contributed by atoms with E-state index in [1.165, 1.54) is 11.1 Å². The molecule has 2 aromatic heterocycles. The predicted octanol–water partition coefficient (Wildman–Crippen LogP) is 3.92. The Morgan fingerprint density at radius 2 is 0.786 bits per heavy atom. The molecule has 0 aliphatic heterocycles. The summed E-state index contributed by atoms with van der Waals surface area (Å²) in [6.45, 7) is 0. The molecule has 0 aliphatic carbocycles. The van der Waals surface area contributed by atoms with Crippen molar-refractivity contribution in [3.63, 3.8) is 0 Å². The maximum absolute atomic E-state index is 5.22. The van der Waals surface area contributed by atoms with Gasteiger partial charge in [-0.3, -0.25) is 0 Å². The molecule has 0 spiro atoms. The molecule has 4 heteroatoms. The lowest BCUT2D eigenvalue weighted by Crippen LogP contribution is -2.29. The summed E-state index contributed by atoms with van der Waals surface area (Å²) < 4.78 is 14.6. The highest BCUT2D eigenvalue weighted by Gasteiger charge is 2.09. The van der Waals surface area contributed by atoms with Crippen molar-refractivity contribution in [2.75, 3.05) is 14.2 Å². The highest BCUT2D eigenvalue weighted by molar-refractivity contribution is 5.61. The Hall–Kier alpha value is -3.66. The number of benzene rings is 2. The molecule has 0 N–H and O–H groups in total. The van der Waals surface area contributed by atoms with Gasteiger partial charge in [0.05, 0.1) is 14.2 Å². The number of aromatic nitrogens is 2. The van der Waals surface area contributed by atoms with Crippen molar-refractivity contribution in [2.45, 2.75) is 0 Å². The highest BCUT2D eigenvalue weighted by atomic mass is 16.5. The first-order valence-corrected chi connectivity index (χ1v) is 9.09. The zero-order chi connectivity index (χ0) is 19.3. The van der Waals surface area contributed by atoms with Gasteiger partial charge in [0.25, 0.3) is 0 Å². The smallest absolute Gasteiger partial charge is 0.210 e. The Kier molecular flexibility index (Phi) is 5.02. The first-order valence-electron chi connectivity index (χ1n) is 9.09. The van der Waals surface area contributed by atoms with Gasteiger partial charge in [0.15, 0.2) is 24.8 Å². The standard InChI is InChI=1S/C24H22N2O2/c1-27-23-7-3-21(4-8-23)25-15-11-19(12-16-25)20-13-17-26(18-14-20)22-5-9-24(28-2)10-6-22/h3-18H,1-2H3/q+2. The van der Waals surface area contributed by atoms with Gasteiger partial charge in [0, 0.05) is 48.5 Å². The van der Waals surface area contributed by atoms with E-state index in [2.05, 4.69) is 58.2 Å². The van der Waals surface area contributed by atoms with Crippen LogP contribution >= 0.6 is 0 Å². The number of methoxy groups -OCH3 is 2. The van der Waals surface area contributed by atoms with Gasteiger partial charge in [0.1, 0.15) is 11.5 Å². The first-order chi connectivity index (χ1) is 13.8. The third-order valence-corrected chi connectivity index (χ3v) is 4.73. The van der Waals surface area contributed by atoms with Crippen LogP contribution in [0.25, 0.3) is 22.5 Å². The van der Waals surface area contributed by atoms with Crippen LogP contribution in [0.2, 0.25) is 0 Å². The Morgan fingerprint density at radius 3 is 1.07 bits per heavy atom. The zero-order valence-corrected chi connectivity index (χ0v) is 15.9. The Morgan fingerprint density at radius 1 is 0.464 bits per heavy atom. The van der Waals surface area contributed by atoms with Crippen molar-refractivity contribution in [3.8, 4) is 34.0 Å². The number of hydrogen-bond donors (Lipinski definition) is 0. The molecule has 4 aromatic rings. The molecule has 0 amide bonds. The SMILES string of the molecule is COc1ccc(-[n+]2ccc(-c3cc[n+](-c4ccc(OC)cc4)cc3)cc2)cc1. The number of nitrogens with zero attached hydrogens (tertiary/aromatic N) is 2. The fraction of sp³-hybridized carbons (Fsp3) is 0.0833. The van der Waals surface area contributed by atoms with Gasteiger partial charge in [-0.15, -0.1) is 0 Å². The average molecular weight is 370 g/mol. The van der Waals surface area contributed by atoms with Crippen molar-refractivity contribution in [1.29, 1.82) is 0 Å². The molecule has 0 saturated heterocycles. The van der Waals surface area contributed by atoms with Crippen LogP contribution in [0.3, 0.4) is 0 Å². The van der Waals surface area contributed by atoms with Crippen molar-refractivity contribution < 1.29 is 18.6 Å². The van der Waals surface area contributed by atoms with Crippen LogP contribution < -0.4 is 18.6 Å². The third-order valence-electron chi connectivity index (χ3n) is 4.73. The Balaban J connectivity index is 1.53. The van der Waals surface area contributed by atoms with Crippen LogP contribution in [-0.2, 0) is 0 Å². The number of rotatable bonds is 5. The molecule has 0 radical (unpaired) electrons. The van der Waals surface area contributed by atoms with Crippen LogP contribution in [0.15, 0.2) is 97.6 Å². The normalized spacial score (nSPS) is 10.5. The summed E-state index contributed by atoms with van der Waals surface area (Å²) in [5, 5.41) is 0. The quantitative estimate of drug-likeness (QED) is 0.498. The van der Waals surface area contributed by atoms with Crippen LogP contribution in [0.1, 0.15) is 0 Å². The molecule has 4 nitrogen and oxygen atoms in total. The van der Waals surface area contributed by atoms with E-state index < -0.39 is 0 Å². The summed E-state index contributed by atoms with van der Waals surface area (Å²) in [5.41, 5.74) is 4.54. The second kappa shape index (κ2) is 7.92. The predicted molar refractivity (Wildman–Crippen MR) is 108 cm³/mol. The molecule has 138 valence electrons. The number of pyridine rings is 2. The van der Waals surface area contributed by atoms with Gasteiger partial charge in [-0.25, -0.2) is 0 Å². The second-order valence-electron chi connectivity index (χ2n) is 6.38. The topological polar surface area (TPSA) is 26.2 Å². The summed E-state index contributed by atoms with van der Waals surface area (Å²) in [6, 6.07) is 24.5. The Bertz CT molecular complexity index is 951. The molecule has 2 aromatic carbocycles. The second-order valence-corrected chi connectivity index (χ2v) is 6.38. The van der Waals surface area contributed by atoms with Gasteiger partial charge >= 0.3 is 0 Å². The first kappa shape index (κ1) is 17.7. The molecule has 2 heterocycles. The van der Waals surface area contributed by atoms with E-state index in [1.54, 1.807) is 14.2 Å². The molecule has 28 heavy (non-hydrogen) atoms. The summed E-state index contributed by atoms with van der Waals surface area (Å²) in [7, 11) is 3.35. The fourth-order valence-corrected chi connectivity index (χ4v) is 3.09. The van der Waals surface area contributed by atoms with Crippen molar-refractivity contribution in [3.05, 3.63) is 97.6 Å². The molecule has 0 saturated carbocycles. The van der Waals surface area contributed by atoms with E-state index in [1.807, 2.05) is 48.5 Å². The lowest BCUT2D eigenvalue weighted by Gasteiger charge is -2.03. The van der Waals surface area contributed by atoms with Crippen LogP contribution in [-0.4, -0.2) is 14.2 Å². The molecule has 0 unspecified atom stereocenters. The Labute approximate surface area is 164 Å². The summed E-state index contributed by atoms with van der Waals surface area (Å²) in [6.07, 6.45) is 8.28. The van der Waals surface area contributed by atoms with Gasteiger partial charge < -0.3 is 9.47 Å². The number of hydrogen-bond acceptors (Lipinski definition) is 2. The van der Waals surface area contributed by atoms with Crippen LogP contribution in [0.5, 0.6) is 11.5 Å². The molecule has 0 atom stereocenters. The average Bonchev–Trinajstić information content (AvgIpc) is 2.79. The minimum Gasteiger partial charge on any atom is -0.497 e. The van der Waals surface area contributed by atoms with Gasteiger partial charge in [0.2, 0.25) is 11.4 Å². The summed E-state index contributed by atoms with van der Waals surface area (Å²) >= 11 is 0. The van der Waals surface area contributed by atoms with Gasteiger partial charge in [-0.05, 0) is 35.4 Å². The van der Waals surface area contributed by atoms with E-state index in [9.17, 15) is 0 Å². The van der Waals surface area contributed by atoms with Gasteiger partial charge in [-0.1, -0.05) is 0 Å². The largest absolute Gasteiger partial charge is 0.497 e. The van der Waals surface area contributed by atoms with E-state index in [0.29, 0.717) is 0 Å². The fourth-order valence-electron chi connectivity index (χ4n) is 3.09. The van der Waals surface area contributed by atoms with Crippen LogP contribution in [0, 0.1) is 0 Å². The van der Waals surface area contributed by atoms with E-state index in [4.69, 9.17) is 9.47 Å². The molecule has 0 fully saturated rings. The molecule has 4 rings (SSSR count). The lowest BCUT2D eigenvalue weighted by atomic mass is 10.1. The van der Waals surface area contributed by atoms with Gasteiger partial charge in [-0.2, -0.15) is 9.13 Å². The highest BCUT2D eigenvalue weighted by Crippen LogP contribution is 2.18. The zero-order valence-electron chi connectivity index (χ0n) is 15.9. The molecule has 0 bridgehead atoms. The maximum atomic E-state index is 5.22. The van der Waals surface area contributed by atoms with E-state index >= 15 is 0 Å². The van der Waals surface area contributed by atoms with E-state index in [0.717, 1.165) is 22.9 Å². The number of ether oxygens (including phenoxy) is 2. The van der Waals surface area contributed by atoms with Crippen molar-refractivity contribution in [1.82, 2.24) is 0 Å². The summed E-state index contributed by atoms with van der Waals surface area (Å²) in [4.78, 5) is 0. The lowest BCUT2D eigenvalue weighted by molar-refractivity contribution is -0.596. The van der Waals surface area contributed by atoms with Crippen molar-refractivity contribution >= 4 is 0 Å². The maximum Gasteiger partial charge on any atom is 0.210 e. The minimum absolute atomic E-state index is 0.857. The monoisotopic (exact) mass is 370 g/mol. The third kappa shape index (κ3) is 3.71. The van der Waals surface area contributed by atoms with E-state index in [-0.39, 0.29) is 0 Å². The van der Waals surface area contributed by atoms with Crippen LogP contribution in [0.4, 0.5) is 0 Å². The molecular weight excluding hydrogens is 348 g/mol. The molecule has 0 aliphatic rings.